The predicted molar refractivity (Wildman–Crippen MR) is 137 cm³/mol. The molecule has 0 aliphatic carbocycles. The lowest BCUT2D eigenvalue weighted by Gasteiger charge is -2.44. The van der Waals surface area contributed by atoms with E-state index in [4.69, 9.17) is 9.47 Å². The highest BCUT2D eigenvalue weighted by molar-refractivity contribution is 8.01. The second kappa shape index (κ2) is 9.16. The minimum Gasteiger partial charge on any atom is -0.478 e. The highest BCUT2D eigenvalue weighted by Gasteiger charge is 2.65. The van der Waals surface area contributed by atoms with Crippen molar-refractivity contribution in [3.8, 4) is 5.75 Å². The molecule has 5 rings (SSSR count). The van der Waals surface area contributed by atoms with Crippen molar-refractivity contribution in [2.45, 2.75) is 55.5 Å². The van der Waals surface area contributed by atoms with E-state index in [0.29, 0.717) is 5.75 Å². The fourth-order valence-electron chi connectivity index (χ4n) is 4.83. The van der Waals surface area contributed by atoms with E-state index in [-0.39, 0.29) is 11.1 Å². The Hall–Kier alpha value is -3.86. The van der Waals surface area contributed by atoms with Gasteiger partial charge in [-0.25, -0.2) is 9.69 Å². The lowest BCUT2D eigenvalue weighted by molar-refractivity contribution is -0.166. The van der Waals surface area contributed by atoms with E-state index in [1.54, 1.807) is 64.1 Å². The van der Waals surface area contributed by atoms with Gasteiger partial charge >= 0.3 is 5.97 Å². The number of carbonyl (C=O) groups excluding carboxylic acids is 5. The topological polar surface area (TPSA) is 122 Å². The van der Waals surface area contributed by atoms with Gasteiger partial charge in [0.25, 0.3) is 17.7 Å². The number of fused-ring (bicyclic) bond motifs is 2. The molecule has 1 N–H and O–H groups in total. The van der Waals surface area contributed by atoms with Crippen LogP contribution in [0.5, 0.6) is 5.75 Å². The monoisotopic (exact) mass is 537 g/mol. The molecule has 4 amide bonds. The lowest BCUT2D eigenvalue weighted by atomic mass is 9.95. The first-order valence-electron chi connectivity index (χ1n) is 12.1. The molecule has 2 saturated heterocycles. The summed E-state index contributed by atoms with van der Waals surface area (Å²) < 4.78 is 10.5. The van der Waals surface area contributed by atoms with Gasteiger partial charge in [-0.3, -0.25) is 19.2 Å². The Bertz CT molecular complexity index is 1310. The third-order valence-corrected chi connectivity index (χ3v) is 8.40. The summed E-state index contributed by atoms with van der Waals surface area (Å²) in [7, 11) is 0. The number of hydrogen-bond donors (Lipinski definition) is 1. The van der Waals surface area contributed by atoms with E-state index >= 15 is 0 Å². The quantitative estimate of drug-likeness (QED) is 0.324. The Morgan fingerprint density at radius 1 is 0.974 bits per heavy atom. The Balaban J connectivity index is 1.23. The smallest absolute Gasteiger partial charge is 0.332 e. The first kappa shape index (κ1) is 25.8. The van der Waals surface area contributed by atoms with Crippen molar-refractivity contribution < 1.29 is 33.4 Å². The number of imide groups is 1. The van der Waals surface area contributed by atoms with Crippen LogP contribution < -0.4 is 10.1 Å². The Morgan fingerprint density at radius 2 is 1.55 bits per heavy atom. The fourth-order valence-corrected chi connectivity index (χ4v) is 6.46. The highest BCUT2D eigenvalue weighted by Crippen LogP contribution is 2.51. The standard InChI is InChI=1S/C27H27N3O7S/c1-26(2,37-15-10-6-5-7-11-15)25(35)28-18-22(33)30-19(27(3,4)38-23(18)30)24(34)36-14-29-20(31)16-12-8-9-13-17(16)21(29)32/h5-13,18-19,23H,14H2,1-4H3,(H,28,35). The summed E-state index contributed by atoms with van der Waals surface area (Å²) in [6, 6.07) is 13.5. The molecule has 0 saturated carbocycles. The molecule has 38 heavy (non-hydrogen) atoms. The van der Waals surface area contributed by atoms with Crippen LogP contribution in [0.15, 0.2) is 54.6 Å². The van der Waals surface area contributed by atoms with Crippen LogP contribution >= 0.6 is 11.8 Å². The number of benzene rings is 2. The maximum atomic E-state index is 13.1. The molecule has 10 nitrogen and oxygen atoms in total. The highest BCUT2D eigenvalue weighted by atomic mass is 32.2. The number of rotatable bonds is 7. The zero-order valence-electron chi connectivity index (χ0n) is 21.3. The van der Waals surface area contributed by atoms with Crippen molar-refractivity contribution in [3.63, 3.8) is 0 Å². The second-order valence-corrected chi connectivity index (χ2v) is 12.1. The van der Waals surface area contributed by atoms with Gasteiger partial charge in [0.2, 0.25) is 5.91 Å². The van der Waals surface area contributed by atoms with Crippen molar-refractivity contribution in [1.82, 2.24) is 15.1 Å². The molecule has 3 aliphatic heterocycles. The number of ether oxygens (including phenoxy) is 2. The van der Waals surface area contributed by atoms with Crippen LogP contribution in [-0.4, -0.2) is 73.9 Å². The van der Waals surface area contributed by atoms with Gasteiger partial charge in [0.05, 0.1) is 11.1 Å². The van der Waals surface area contributed by atoms with Gasteiger partial charge in [0.1, 0.15) is 23.2 Å². The van der Waals surface area contributed by atoms with E-state index in [1.165, 1.54) is 28.8 Å². The van der Waals surface area contributed by atoms with Crippen molar-refractivity contribution in [2.24, 2.45) is 0 Å². The number of amides is 4. The summed E-state index contributed by atoms with van der Waals surface area (Å²) in [5.41, 5.74) is -0.743. The maximum absolute atomic E-state index is 13.1. The average Bonchev–Trinajstić information content (AvgIpc) is 3.28. The average molecular weight is 538 g/mol. The van der Waals surface area contributed by atoms with E-state index in [2.05, 4.69) is 5.32 Å². The molecule has 0 aromatic heterocycles. The van der Waals surface area contributed by atoms with Crippen molar-refractivity contribution >= 4 is 41.4 Å². The van der Waals surface area contributed by atoms with Gasteiger partial charge in [0.15, 0.2) is 12.3 Å². The molecule has 0 bridgehead atoms. The molecule has 0 spiro atoms. The van der Waals surface area contributed by atoms with Gasteiger partial charge in [-0.2, -0.15) is 0 Å². The van der Waals surface area contributed by atoms with Crippen molar-refractivity contribution in [1.29, 1.82) is 0 Å². The third kappa shape index (κ3) is 4.20. The largest absolute Gasteiger partial charge is 0.478 e. The van der Waals surface area contributed by atoms with Crippen LogP contribution in [0.25, 0.3) is 0 Å². The number of β-lactam (4-membered cyclic amide) rings is 1. The van der Waals surface area contributed by atoms with Crippen LogP contribution in [-0.2, 0) is 19.1 Å². The van der Waals surface area contributed by atoms with Crippen LogP contribution in [0.2, 0.25) is 0 Å². The van der Waals surface area contributed by atoms with Crippen LogP contribution in [0.4, 0.5) is 0 Å². The van der Waals surface area contributed by atoms with E-state index in [0.717, 1.165) is 4.90 Å². The fraction of sp³-hybridized carbons (Fsp3) is 0.370. The van der Waals surface area contributed by atoms with Gasteiger partial charge in [-0.15, -0.1) is 11.8 Å². The number of carbonyl (C=O) groups is 5. The zero-order valence-corrected chi connectivity index (χ0v) is 22.1. The third-order valence-electron chi connectivity index (χ3n) is 6.83. The number of esters is 1. The minimum atomic E-state index is -1.24. The molecule has 3 aliphatic rings. The van der Waals surface area contributed by atoms with E-state index < -0.39 is 64.1 Å². The number of nitrogens with zero attached hydrogens (tertiary/aromatic N) is 2. The summed E-state index contributed by atoms with van der Waals surface area (Å²) in [6.07, 6.45) is 0. The van der Waals surface area contributed by atoms with E-state index in [1.807, 2.05) is 6.07 Å². The number of hydrogen-bond acceptors (Lipinski definition) is 8. The Morgan fingerprint density at radius 3 is 2.16 bits per heavy atom. The number of thioether (sulfide) groups is 1. The second-order valence-electron chi connectivity index (χ2n) is 10.3. The molecule has 0 radical (unpaired) electrons. The number of nitrogens with one attached hydrogen (secondary N) is 1. The maximum Gasteiger partial charge on any atom is 0.332 e. The van der Waals surface area contributed by atoms with Crippen molar-refractivity contribution in [2.75, 3.05) is 6.73 Å². The molecule has 2 aromatic rings. The summed E-state index contributed by atoms with van der Waals surface area (Å²) in [4.78, 5) is 66.7. The number of para-hydroxylation sites is 1. The predicted octanol–water partition coefficient (Wildman–Crippen LogP) is 2.19. The summed E-state index contributed by atoms with van der Waals surface area (Å²) in [6.45, 7) is 6.28. The Labute approximate surface area is 223 Å². The SMILES string of the molecule is CC(C)(Oc1ccccc1)C(=O)NC1C(=O)N2C1SC(C)(C)C2C(=O)OCN1C(=O)c2ccccc2C1=O. The molecular formula is C27H27N3O7S. The van der Waals surface area contributed by atoms with Gasteiger partial charge in [0, 0.05) is 4.75 Å². The minimum absolute atomic E-state index is 0.251. The normalized spacial score (nSPS) is 23.5. The lowest BCUT2D eigenvalue weighted by Crippen LogP contribution is -2.72. The van der Waals surface area contributed by atoms with Crippen LogP contribution in [0.3, 0.4) is 0 Å². The van der Waals surface area contributed by atoms with Crippen LogP contribution in [0.1, 0.15) is 48.4 Å². The molecule has 2 fully saturated rings. The molecule has 11 heteroatoms. The van der Waals surface area contributed by atoms with Crippen molar-refractivity contribution in [3.05, 3.63) is 65.7 Å². The first-order valence-corrected chi connectivity index (χ1v) is 13.0. The first-order chi connectivity index (χ1) is 17.9. The Kier molecular flexibility index (Phi) is 6.21. The van der Waals surface area contributed by atoms with Gasteiger partial charge in [-0.05, 0) is 52.0 Å². The van der Waals surface area contributed by atoms with Gasteiger partial charge < -0.3 is 19.7 Å². The summed E-state index contributed by atoms with van der Waals surface area (Å²) in [5, 5.41) is 2.29. The zero-order chi connectivity index (χ0) is 27.4. The molecule has 198 valence electrons. The van der Waals surface area contributed by atoms with Crippen LogP contribution in [0, 0.1) is 0 Å². The van der Waals surface area contributed by atoms with Gasteiger partial charge in [-0.1, -0.05) is 30.3 Å². The molecular weight excluding hydrogens is 510 g/mol. The summed E-state index contributed by atoms with van der Waals surface area (Å²) in [5.74, 6) is -2.17. The molecule has 3 unspecified atom stereocenters. The van der Waals surface area contributed by atoms with E-state index in [9.17, 15) is 24.0 Å². The molecule has 2 aromatic carbocycles. The summed E-state index contributed by atoms with van der Waals surface area (Å²) >= 11 is 1.37. The molecule has 3 heterocycles. The molecule has 3 atom stereocenters.